The van der Waals surface area contributed by atoms with E-state index in [0.29, 0.717) is 23.7 Å². The van der Waals surface area contributed by atoms with E-state index >= 15 is 0 Å². The molecule has 0 amide bonds. The molecule has 0 radical (unpaired) electrons. The van der Waals surface area contributed by atoms with Gasteiger partial charge in [0.2, 0.25) is 0 Å². The topological polar surface area (TPSA) is 46.2 Å². The summed E-state index contributed by atoms with van der Waals surface area (Å²) in [5, 5.41) is 8.81. The summed E-state index contributed by atoms with van der Waals surface area (Å²) in [5.41, 5.74) is 2.29. The average molecular weight is 472 g/mol. The average Bonchev–Trinajstić information content (AvgIpc) is 2.83. The fourth-order valence-corrected chi connectivity index (χ4v) is 4.55. The third-order valence-corrected chi connectivity index (χ3v) is 6.50. The van der Waals surface area contributed by atoms with Gasteiger partial charge in [-0.05, 0) is 67.6 Å². The van der Waals surface area contributed by atoms with E-state index in [1.165, 1.54) is 6.07 Å². The number of nitrogens with zero attached hydrogens (tertiary/aromatic N) is 1. The van der Waals surface area contributed by atoms with Gasteiger partial charge in [-0.3, -0.25) is 4.98 Å². The smallest absolute Gasteiger partial charge is 0.130 e. The first-order valence-electron chi connectivity index (χ1n) is 11.2. The maximum Gasteiger partial charge on any atom is 0.130 e. The molecule has 1 aliphatic rings. The van der Waals surface area contributed by atoms with Crippen LogP contribution in [0.4, 0.5) is 8.78 Å². The van der Waals surface area contributed by atoms with Crippen LogP contribution >= 0.6 is 11.6 Å². The van der Waals surface area contributed by atoms with Gasteiger partial charge in [0.15, 0.2) is 0 Å². The summed E-state index contributed by atoms with van der Waals surface area (Å²) >= 11 is 6.49. The van der Waals surface area contributed by atoms with Gasteiger partial charge in [0, 0.05) is 42.3 Å². The molecule has 4 nitrogen and oxygen atoms in total. The fraction of sp³-hybridized carbons (Fsp3) is 0.346. The van der Waals surface area contributed by atoms with Gasteiger partial charge in [-0.1, -0.05) is 23.8 Å². The molecule has 0 bridgehead atoms. The number of benzene rings is 2. The van der Waals surface area contributed by atoms with Gasteiger partial charge in [0.25, 0.3) is 0 Å². The number of aryl methyl sites for hydroxylation is 1. The third kappa shape index (κ3) is 6.08. The normalized spacial score (nSPS) is 18.8. The lowest BCUT2D eigenvalue weighted by Crippen LogP contribution is -2.48. The summed E-state index contributed by atoms with van der Waals surface area (Å²) in [5.74, 6) is -0.0613. The molecule has 0 aliphatic carbocycles. The first-order valence-corrected chi connectivity index (χ1v) is 11.6. The molecule has 1 aliphatic heterocycles. The van der Waals surface area contributed by atoms with Crippen LogP contribution in [-0.2, 0) is 6.42 Å². The molecule has 3 aromatic rings. The van der Waals surface area contributed by atoms with Gasteiger partial charge in [-0.25, -0.2) is 8.78 Å². The van der Waals surface area contributed by atoms with Crippen molar-refractivity contribution in [1.29, 1.82) is 0 Å². The second-order valence-corrected chi connectivity index (χ2v) is 8.77. The molecule has 4 rings (SSSR count). The van der Waals surface area contributed by atoms with Gasteiger partial charge in [0.05, 0.1) is 17.6 Å². The van der Waals surface area contributed by atoms with E-state index in [4.69, 9.17) is 16.3 Å². The number of nitrogens with one attached hydrogen (secondary N) is 2. The Labute approximate surface area is 198 Å². The van der Waals surface area contributed by atoms with Crippen molar-refractivity contribution in [1.82, 2.24) is 15.6 Å². The lowest BCUT2D eigenvalue weighted by atomic mass is 9.94. The molecule has 2 atom stereocenters. The molecule has 2 heterocycles. The van der Waals surface area contributed by atoms with Crippen molar-refractivity contribution < 1.29 is 13.5 Å². The quantitative estimate of drug-likeness (QED) is 0.453. The first-order chi connectivity index (χ1) is 16.0. The van der Waals surface area contributed by atoms with Gasteiger partial charge >= 0.3 is 0 Å². The van der Waals surface area contributed by atoms with Crippen molar-refractivity contribution >= 4 is 28.6 Å². The minimum Gasteiger partial charge on any atom is -0.497 e. The Balaban J connectivity index is 1.26. The Bertz CT molecular complexity index is 1130. The molecule has 2 aromatic carbocycles. The van der Waals surface area contributed by atoms with E-state index < -0.39 is 11.6 Å². The maximum atomic E-state index is 13.7. The number of hydrogen-bond acceptors (Lipinski definition) is 4. The van der Waals surface area contributed by atoms with Gasteiger partial charge < -0.3 is 15.4 Å². The van der Waals surface area contributed by atoms with Crippen LogP contribution in [0.25, 0.3) is 17.0 Å². The molecule has 2 unspecified atom stereocenters. The second-order valence-electron chi connectivity index (χ2n) is 8.36. The fourth-order valence-electron chi connectivity index (χ4n) is 4.30. The highest BCUT2D eigenvalue weighted by molar-refractivity contribution is 6.32. The minimum atomic E-state index is -0.438. The van der Waals surface area contributed by atoms with Crippen molar-refractivity contribution in [3.63, 3.8) is 0 Å². The van der Waals surface area contributed by atoms with Crippen LogP contribution < -0.4 is 15.4 Å². The molecule has 174 valence electrons. The van der Waals surface area contributed by atoms with E-state index in [1.54, 1.807) is 19.4 Å². The Kier molecular flexibility index (Phi) is 7.91. The number of methoxy groups -OCH3 is 1. The van der Waals surface area contributed by atoms with Crippen molar-refractivity contribution in [3.05, 3.63) is 76.5 Å². The minimum absolute atomic E-state index is 0.263. The summed E-state index contributed by atoms with van der Waals surface area (Å²) < 4.78 is 32.3. The molecule has 0 saturated carbocycles. The lowest BCUT2D eigenvalue weighted by molar-refractivity contribution is 0.321. The van der Waals surface area contributed by atoms with E-state index in [2.05, 4.69) is 15.6 Å². The number of piperidine rings is 1. The van der Waals surface area contributed by atoms with E-state index in [-0.39, 0.29) is 5.56 Å². The van der Waals surface area contributed by atoms with Gasteiger partial charge in [0.1, 0.15) is 17.4 Å². The number of fused-ring (bicyclic) bond motifs is 1. The number of pyridine rings is 1. The zero-order chi connectivity index (χ0) is 23.2. The number of hydrogen-bond donors (Lipinski definition) is 2. The van der Waals surface area contributed by atoms with Crippen molar-refractivity contribution in [2.75, 3.05) is 20.2 Å². The molecule has 1 saturated heterocycles. The van der Waals surface area contributed by atoms with E-state index in [9.17, 15) is 8.78 Å². The summed E-state index contributed by atoms with van der Waals surface area (Å²) in [6.45, 7) is 1.47. The second kappa shape index (κ2) is 11.1. The zero-order valence-electron chi connectivity index (χ0n) is 18.6. The van der Waals surface area contributed by atoms with Crippen molar-refractivity contribution in [2.24, 2.45) is 0 Å². The Morgan fingerprint density at radius 2 is 2.09 bits per heavy atom. The van der Waals surface area contributed by atoms with Crippen LogP contribution in [0.2, 0.25) is 5.02 Å². The molecular formula is C26H28ClF2N3O. The largest absolute Gasteiger partial charge is 0.497 e. The molecule has 2 N–H and O–H groups in total. The highest BCUT2D eigenvalue weighted by Crippen LogP contribution is 2.29. The predicted octanol–water partition coefficient (Wildman–Crippen LogP) is 5.53. The molecule has 1 fully saturated rings. The van der Waals surface area contributed by atoms with Crippen LogP contribution in [0, 0.1) is 11.6 Å². The molecule has 1 aromatic heterocycles. The SMILES string of the molecule is COc1ccc2ncc(Cl)c(CCC3CCC(NC/C=C/c4cc(F)ccc4F)CN3)c2c1. The monoisotopic (exact) mass is 471 g/mol. The standard InChI is InChI=1S/C26H28ClF2N3O/c1-33-21-8-11-26-23(14-21)22(24(27)16-32-26)9-7-19-5-6-20(15-31-19)30-12-2-3-17-13-18(28)4-10-25(17)29/h2-4,8,10-11,13-14,16,19-20,30-31H,5-7,9,12,15H2,1H3/b3-2+. The highest BCUT2D eigenvalue weighted by atomic mass is 35.5. The van der Waals surface area contributed by atoms with Crippen LogP contribution in [0.1, 0.15) is 30.4 Å². The van der Waals surface area contributed by atoms with Crippen molar-refractivity contribution in [3.8, 4) is 5.75 Å². The maximum absolute atomic E-state index is 13.7. The summed E-state index contributed by atoms with van der Waals surface area (Å²) in [4.78, 5) is 4.43. The number of rotatable bonds is 8. The zero-order valence-corrected chi connectivity index (χ0v) is 19.3. The Morgan fingerprint density at radius 1 is 1.21 bits per heavy atom. The predicted molar refractivity (Wildman–Crippen MR) is 130 cm³/mol. The Hall–Kier alpha value is -2.54. The van der Waals surface area contributed by atoms with Gasteiger partial charge in [-0.15, -0.1) is 0 Å². The molecule has 0 spiro atoms. The number of ether oxygens (including phenoxy) is 1. The summed E-state index contributed by atoms with van der Waals surface area (Å²) in [7, 11) is 1.66. The molecular weight excluding hydrogens is 444 g/mol. The van der Waals surface area contributed by atoms with Crippen LogP contribution in [0.15, 0.2) is 48.7 Å². The van der Waals surface area contributed by atoms with Crippen molar-refractivity contribution in [2.45, 2.75) is 37.8 Å². The highest BCUT2D eigenvalue weighted by Gasteiger charge is 2.20. The first kappa shape index (κ1) is 23.6. The Morgan fingerprint density at radius 3 is 2.88 bits per heavy atom. The molecule has 33 heavy (non-hydrogen) atoms. The van der Waals surface area contributed by atoms with Crippen LogP contribution in [0.5, 0.6) is 5.75 Å². The number of halogens is 3. The third-order valence-electron chi connectivity index (χ3n) is 6.17. The summed E-state index contributed by atoms with van der Waals surface area (Å²) in [6.07, 6.45) is 9.13. The van der Waals surface area contributed by atoms with E-state index in [0.717, 1.165) is 66.6 Å². The molecule has 7 heteroatoms. The van der Waals surface area contributed by atoms with Gasteiger partial charge in [-0.2, -0.15) is 0 Å². The van der Waals surface area contributed by atoms with Crippen LogP contribution in [0.3, 0.4) is 0 Å². The lowest BCUT2D eigenvalue weighted by Gasteiger charge is -2.30. The van der Waals surface area contributed by atoms with Crippen LogP contribution in [-0.4, -0.2) is 37.3 Å². The summed E-state index contributed by atoms with van der Waals surface area (Å²) in [6, 6.07) is 10.1. The van der Waals surface area contributed by atoms with E-state index in [1.807, 2.05) is 24.3 Å². The number of aromatic nitrogens is 1.